The zero-order valence-electron chi connectivity index (χ0n) is 22.7. The molecule has 2 heterocycles. The van der Waals surface area contributed by atoms with Gasteiger partial charge in [-0.05, 0) is 67.9 Å². The zero-order valence-corrected chi connectivity index (χ0v) is 23.4. The minimum absolute atomic E-state index is 0.215. The highest BCUT2D eigenvalue weighted by molar-refractivity contribution is 6.32. The number of amides is 3. The molecule has 10 nitrogen and oxygen atoms in total. The number of hydrogen-bond donors (Lipinski definition) is 3. The lowest BCUT2D eigenvalue weighted by Crippen LogP contribution is -2.44. The Morgan fingerprint density at radius 2 is 1.90 bits per heavy atom. The number of unbranched alkanes of at least 4 members (excludes halogenated alkanes) is 2. The van der Waals surface area contributed by atoms with Crippen molar-refractivity contribution in [3.63, 3.8) is 0 Å². The van der Waals surface area contributed by atoms with Crippen molar-refractivity contribution in [2.45, 2.75) is 69.9 Å². The maximum atomic E-state index is 13.0. The average Bonchev–Trinajstić information content (AvgIpc) is 3.16. The first-order chi connectivity index (χ1) is 19.2. The van der Waals surface area contributed by atoms with Crippen LogP contribution in [0.5, 0.6) is 5.75 Å². The van der Waals surface area contributed by atoms with Gasteiger partial charge in [-0.2, -0.15) is 0 Å². The van der Waals surface area contributed by atoms with Gasteiger partial charge in [0.25, 0.3) is 0 Å². The van der Waals surface area contributed by atoms with Crippen LogP contribution in [0.3, 0.4) is 0 Å². The van der Waals surface area contributed by atoms with Gasteiger partial charge >= 0.3 is 5.69 Å². The molecule has 0 saturated carbocycles. The van der Waals surface area contributed by atoms with Gasteiger partial charge in [0.05, 0.1) is 16.1 Å². The van der Waals surface area contributed by atoms with Crippen LogP contribution in [-0.4, -0.2) is 39.5 Å². The van der Waals surface area contributed by atoms with Gasteiger partial charge in [0.2, 0.25) is 17.7 Å². The van der Waals surface area contributed by atoms with E-state index in [1.54, 1.807) is 11.6 Å². The summed E-state index contributed by atoms with van der Waals surface area (Å²) in [6, 6.07) is 10.6. The molecule has 0 radical (unpaired) electrons. The maximum Gasteiger partial charge on any atom is 0.329 e. The lowest BCUT2D eigenvalue weighted by atomic mass is 10.0. The molecule has 214 valence electrons. The highest BCUT2D eigenvalue weighted by Crippen LogP contribution is 2.30. The van der Waals surface area contributed by atoms with Gasteiger partial charge in [0.15, 0.2) is 0 Å². The number of imide groups is 1. The summed E-state index contributed by atoms with van der Waals surface area (Å²) in [5.74, 6) is -0.545. The van der Waals surface area contributed by atoms with E-state index < -0.39 is 11.9 Å². The summed E-state index contributed by atoms with van der Waals surface area (Å²) in [5.41, 5.74) is 14.5. The molecule has 1 aliphatic rings. The monoisotopic (exact) mass is 569 g/mol. The highest BCUT2D eigenvalue weighted by Gasteiger charge is 2.31. The molecule has 0 bridgehead atoms. The van der Waals surface area contributed by atoms with Gasteiger partial charge in [0.1, 0.15) is 18.4 Å². The molecule has 2 aromatic carbocycles. The molecule has 1 aliphatic heterocycles. The normalized spacial score (nSPS) is 16.2. The van der Waals surface area contributed by atoms with Crippen LogP contribution < -0.4 is 27.2 Å². The molecule has 5 N–H and O–H groups in total. The number of piperidine rings is 1. The molecule has 0 aliphatic carbocycles. The largest absolute Gasteiger partial charge is 0.490 e. The number of nitrogens with one attached hydrogen (secondary N) is 1. The van der Waals surface area contributed by atoms with Crippen LogP contribution in [0.2, 0.25) is 5.02 Å². The Morgan fingerprint density at radius 1 is 1.12 bits per heavy atom. The van der Waals surface area contributed by atoms with Crippen molar-refractivity contribution in [1.29, 1.82) is 0 Å². The van der Waals surface area contributed by atoms with Gasteiger partial charge in [-0.25, -0.2) is 4.79 Å². The Morgan fingerprint density at radius 3 is 2.65 bits per heavy atom. The number of aromatic nitrogens is 2. The second kappa shape index (κ2) is 13.1. The minimum atomic E-state index is -0.686. The van der Waals surface area contributed by atoms with E-state index in [2.05, 4.69) is 5.32 Å². The van der Waals surface area contributed by atoms with Crippen molar-refractivity contribution in [3.05, 3.63) is 63.0 Å². The molecule has 2 unspecified atom stereocenters. The van der Waals surface area contributed by atoms with Crippen molar-refractivity contribution in [2.75, 3.05) is 6.61 Å². The number of ether oxygens (including phenoxy) is 1. The van der Waals surface area contributed by atoms with E-state index in [0.717, 1.165) is 48.7 Å². The Hall–Kier alpha value is -3.63. The Balaban J connectivity index is 1.30. The fourth-order valence-corrected chi connectivity index (χ4v) is 5.36. The number of benzene rings is 2. The Bertz CT molecular complexity index is 1460. The van der Waals surface area contributed by atoms with E-state index >= 15 is 0 Å². The molecule has 2 atom stereocenters. The van der Waals surface area contributed by atoms with Crippen molar-refractivity contribution in [2.24, 2.45) is 18.5 Å². The Labute approximate surface area is 237 Å². The van der Waals surface area contributed by atoms with Crippen molar-refractivity contribution in [1.82, 2.24) is 14.5 Å². The number of imidazole rings is 1. The van der Waals surface area contributed by atoms with E-state index in [1.807, 2.05) is 36.4 Å². The smallest absolute Gasteiger partial charge is 0.329 e. The van der Waals surface area contributed by atoms with Gasteiger partial charge < -0.3 is 16.2 Å². The molecule has 3 aromatic rings. The van der Waals surface area contributed by atoms with Crippen molar-refractivity contribution >= 4 is 40.4 Å². The maximum absolute atomic E-state index is 13.0. The van der Waals surface area contributed by atoms with Gasteiger partial charge in [-0.3, -0.25) is 28.8 Å². The summed E-state index contributed by atoms with van der Waals surface area (Å²) in [4.78, 5) is 47.8. The first-order valence-corrected chi connectivity index (χ1v) is 14.0. The predicted molar refractivity (Wildman–Crippen MR) is 153 cm³/mol. The van der Waals surface area contributed by atoms with E-state index in [9.17, 15) is 19.2 Å². The second-order valence-electron chi connectivity index (χ2n) is 10.4. The molecule has 1 fully saturated rings. The third-order valence-electron chi connectivity index (χ3n) is 7.34. The van der Waals surface area contributed by atoms with Gasteiger partial charge in [-0.15, -0.1) is 0 Å². The SMILES string of the molecule is Cn1c(=O)n(C2CCC(=O)NC2=O)c2ccc(CCCCCc3cccc(OCC(N)CCC(N)=O)c3Cl)cc21. The fraction of sp³-hybridized carbons (Fsp3) is 0.448. The van der Waals surface area contributed by atoms with E-state index in [0.29, 0.717) is 29.1 Å². The van der Waals surface area contributed by atoms with Gasteiger partial charge in [0, 0.05) is 25.9 Å². The summed E-state index contributed by atoms with van der Waals surface area (Å²) in [7, 11) is 1.70. The number of hydrogen-bond acceptors (Lipinski definition) is 6. The summed E-state index contributed by atoms with van der Waals surface area (Å²) >= 11 is 6.57. The van der Waals surface area contributed by atoms with E-state index in [4.69, 9.17) is 27.8 Å². The fourth-order valence-electron chi connectivity index (χ4n) is 5.08. The van der Waals surface area contributed by atoms with Crippen LogP contribution in [0.15, 0.2) is 41.2 Å². The van der Waals surface area contributed by atoms with Crippen LogP contribution in [0.1, 0.15) is 62.1 Å². The number of rotatable bonds is 13. The van der Waals surface area contributed by atoms with E-state index in [-0.39, 0.29) is 43.0 Å². The number of nitrogens with two attached hydrogens (primary N) is 2. The lowest BCUT2D eigenvalue weighted by Gasteiger charge is -2.21. The third kappa shape index (κ3) is 6.92. The van der Waals surface area contributed by atoms with Crippen LogP contribution >= 0.6 is 11.6 Å². The summed E-state index contributed by atoms with van der Waals surface area (Å²) in [6.07, 6.45) is 5.79. The minimum Gasteiger partial charge on any atom is -0.490 e. The number of carbonyl (C=O) groups is 3. The topological polar surface area (TPSA) is 151 Å². The third-order valence-corrected chi connectivity index (χ3v) is 7.77. The number of halogens is 1. The predicted octanol–water partition coefficient (Wildman–Crippen LogP) is 2.90. The van der Waals surface area contributed by atoms with Crippen molar-refractivity contribution < 1.29 is 19.1 Å². The van der Waals surface area contributed by atoms with Crippen molar-refractivity contribution in [3.8, 4) is 5.75 Å². The zero-order chi connectivity index (χ0) is 28.8. The molecular formula is C29H36ClN5O5. The average molecular weight is 570 g/mol. The van der Waals surface area contributed by atoms with Crippen LogP contribution in [0.25, 0.3) is 11.0 Å². The van der Waals surface area contributed by atoms with Gasteiger partial charge in [-0.1, -0.05) is 36.2 Å². The first kappa shape index (κ1) is 29.4. The molecule has 3 amide bonds. The molecule has 11 heteroatoms. The Kier molecular flexibility index (Phi) is 9.65. The number of fused-ring (bicyclic) bond motifs is 1. The molecule has 1 aromatic heterocycles. The summed E-state index contributed by atoms with van der Waals surface area (Å²) in [5, 5.41) is 2.92. The molecule has 40 heavy (non-hydrogen) atoms. The second-order valence-corrected chi connectivity index (χ2v) is 10.7. The van der Waals surface area contributed by atoms with Crippen LogP contribution in [-0.2, 0) is 34.3 Å². The standard InChI is InChI=1S/C29H36ClN5O5/c1-34-23-16-18(10-12-21(23)35(29(34)39)22-13-15-26(37)33-28(22)38)6-3-2-4-7-19-8-5-9-24(27(19)30)40-17-20(31)11-14-25(32)36/h5,8-10,12,16,20,22H,2-4,6-7,11,13-15,17,31H2,1H3,(H2,32,36)(H,33,37,38). The summed E-state index contributed by atoms with van der Waals surface area (Å²) < 4.78 is 8.85. The molecular weight excluding hydrogens is 534 g/mol. The summed E-state index contributed by atoms with van der Waals surface area (Å²) in [6.45, 7) is 0.253. The number of nitrogens with zero attached hydrogens (tertiary/aromatic N) is 2. The quantitative estimate of drug-likeness (QED) is 0.213. The van der Waals surface area contributed by atoms with Crippen LogP contribution in [0.4, 0.5) is 0 Å². The number of carbonyl (C=O) groups excluding carboxylic acids is 3. The van der Waals surface area contributed by atoms with Crippen LogP contribution in [0, 0.1) is 0 Å². The highest BCUT2D eigenvalue weighted by atomic mass is 35.5. The van der Waals surface area contributed by atoms with E-state index in [1.165, 1.54) is 4.57 Å². The molecule has 1 saturated heterocycles. The molecule has 4 rings (SSSR count). The lowest BCUT2D eigenvalue weighted by molar-refractivity contribution is -0.135. The number of aryl methyl sites for hydroxylation is 3. The number of primary amides is 1. The molecule has 0 spiro atoms. The first-order valence-electron chi connectivity index (χ1n) is 13.6.